The molecule has 2 heterocycles. The first-order valence-electron chi connectivity index (χ1n) is 6.94. The van der Waals surface area contributed by atoms with Crippen molar-refractivity contribution in [3.05, 3.63) is 34.4 Å². The van der Waals surface area contributed by atoms with Crippen molar-refractivity contribution in [3.63, 3.8) is 0 Å². The number of anilines is 1. The standard InChI is InChI=1S/C15H19BrN4/c16-14-13-7-10(1-2-11(13)8-19-15(14)18)9-20-5-3-12(17)4-6-20/h1-2,7-8,12H,3-6,9,17H2,(H2,18,19). The molecular formula is C15H19BrN4. The van der Waals surface area contributed by atoms with Crippen molar-refractivity contribution in [1.82, 2.24) is 9.88 Å². The Bertz CT molecular complexity index is 621. The van der Waals surface area contributed by atoms with Crippen LogP contribution < -0.4 is 11.5 Å². The van der Waals surface area contributed by atoms with Crippen LogP contribution in [0, 0.1) is 0 Å². The third-order valence-electron chi connectivity index (χ3n) is 3.96. The zero-order valence-corrected chi connectivity index (χ0v) is 12.9. The van der Waals surface area contributed by atoms with Crippen LogP contribution in [0.5, 0.6) is 0 Å². The van der Waals surface area contributed by atoms with E-state index in [9.17, 15) is 0 Å². The molecule has 1 fully saturated rings. The molecule has 1 aliphatic heterocycles. The van der Waals surface area contributed by atoms with Gasteiger partial charge >= 0.3 is 0 Å². The zero-order valence-electron chi connectivity index (χ0n) is 11.3. The molecule has 2 aromatic rings. The molecule has 106 valence electrons. The lowest BCUT2D eigenvalue weighted by atomic mass is 10.0. The number of hydrogen-bond donors (Lipinski definition) is 2. The first-order chi connectivity index (χ1) is 9.63. The fraction of sp³-hybridized carbons (Fsp3) is 0.400. The van der Waals surface area contributed by atoms with Crippen LogP contribution in [0.3, 0.4) is 0 Å². The second kappa shape index (κ2) is 5.68. The van der Waals surface area contributed by atoms with E-state index in [0.29, 0.717) is 11.9 Å². The second-order valence-corrected chi connectivity index (χ2v) is 6.29. The molecule has 1 saturated heterocycles. The van der Waals surface area contributed by atoms with E-state index in [1.165, 1.54) is 5.56 Å². The average Bonchev–Trinajstić information content (AvgIpc) is 2.46. The van der Waals surface area contributed by atoms with Gasteiger partial charge in [-0.05, 0) is 53.5 Å². The van der Waals surface area contributed by atoms with Gasteiger partial charge in [0.2, 0.25) is 0 Å². The number of aromatic nitrogens is 1. The monoisotopic (exact) mass is 334 g/mol. The third kappa shape index (κ3) is 2.80. The van der Waals surface area contributed by atoms with Crippen molar-refractivity contribution in [3.8, 4) is 0 Å². The Hall–Kier alpha value is -1.17. The molecule has 20 heavy (non-hydrogen) atoms. The zero-order chi connectivity index (χ0) is 14.1. The number of benzene rings is 1. The summed E-state index contributed by atoms with van der Waals surface area (Å²) in [6.07, 6.45) is 4.00. The molecule has 1 aliphatic rings. The minimum atomic E-state index is 0.378. The van der Waals surface area contributed by atoms with Gasteiger partial charge in [-0.3, -0.25) is 4.90 Å². The molecule has 0 unspecified atom stereocenters. The number of halogens is 1. The SMILES string of the molecule is Nc1ncc2ccc(CN3CCC(N)CC3)cc2c1Br. The number of likely N-dealkylation sites (tertiary alicyclic amines) is 1. The van der Waals surface area contributed by atoms with Gasteiger partial charge in [0.15, 0.2) is 0 Å². The molecule has 0 radical (unpaired) electrons. The van der Waals surface area contributed by atoms with Gasteiger partial charge in [0.25, 0.3) is 0 Å². The largest absolute Gasteiger partial charge is 0.383 e. The fourth-order valence-electron chi connectivity index (χ4n) is 2.71. The predicted octanol–water partition coefficient (Wildman–Crippen LogP) is 2.50. The minimum absolute atomic E-state index is 0.378. The Labute approximate surface area is 127 Å². The van der Waals surface area contributed by atoms with Gasteiger partial charge in [0.05, 0.1) is 4.47 Å². The molecule has 0 spiro atoms. The van der Waals surface area contributed by atoms with E-state index in [1.807, 2.05) is 6.20 Å². The Morgan fingerprint density at radius 2 is 2.05 bits per heavy atom. The molecule has 0 saturated carbocycles. The van der Waals surface area contributed by atoms with Gasteiger partial charge < -0.3 is 11.5 Å². The van der Waals surface area contributed by atoms with Crippen LogP contribution in [0.2, 0.25) is 0 Å². The van der Waals surface area contributed by atoms with E-state index in [4.69, 9.17) is 11.5 Å². The van der Waals surface area contributed by atoms with Crippen molar-refractivity contribution in [2.24, 2.45) is 5.73 Å². The van der Waals surface area contributed by atoms with Gasteiger partial charge in [0.1, 0.15) is 5.82 Å². The first kappa shape index (κ1) is 13.8. The number of pyridine rings is 1. The summed E-state index contributed by atoms with van der Waals surface area (Å²) in [5.74, 6) is 0.540. The lowest BCUT2D eigenvalue weighted by Gasteiger charge is -2.30. The number of rotatable bonds is 2. The van der Waals surface area contributed by atoms with Crippen molar-refractivity contribution < 1.29 is 0 Å². The van der Waals surface area contributed by atoms with Crippen molar-refractivity contribution in [2.75, 3.05) is 18.8 Å². The van der Waals surface area contributed by atoms with Crippen LogP contribution in [0.4, 0.5) is 5.82 Å². The smallest absolute Gasteiger partial charge is 0.138 e. The molecule has 1 aromatic heterocycles. The van der Waals surface area contributed by atoms with E-state index < -0.39 is 0 Å². The topological polar surface area (TPSA) is 68.2 Å². The highest BCUT2D eigenvalue weighted by molar-refractivity contribution is 9.10. The van der Waals surface area contributed by atoms with Crippen molar-refractivity contribution in [1.29, 1.82) is 0 Å². The van der Waals surface area contributed by atoms with Crippen LogP contribution in [0.1, 0.15) is 18.4 Å². The molecule has 0 atom stereocenters. The summed E-state index contributed by atoms with van der Waals surface area (Å²) >= 11 is 3.53. The van der Waals surface area contributed by atoms with Crippen LogP contribution in [-0.4, -0.2) is 29.0 Å². The van der Waals surface area contributed by atoms with Gasteiger partial charge in [-0.2, -0.15) is 0 Å². The Kier molecular flexibility index (Phi) is 3.92. The average molecular weight is 335 g/mol. The summed E-state index contributed by atoms with van der Waals surface area (Å²) in [4.78, 5) is 6.63. The number of nitrogens with zero attached hydrogens (tertiary/aromatic N) is 2. The Morgan fingerprint density at radius 1 is 1.30 bits per heavy atom. The van der Waals surface area contributed by atoms with Crippen LogP contribution in [-0.2, 0) is 6.54 Å². The number of piperidine rings is 1. The summed E-state index contributed by atoms with van der Waals surface area (Å²) in [5.41, 5.74) is 13.1. The van der Waals surface area contributed by atoms with Crippen LogP contribution >= 0.6 is 15.9 Å². The van der Waals surface area contributed by atoms with Gasteiger partial charge in [-0.15, -0.1) is 0 Å². The number of nitrogen functional groups attached to an aromatic ring is 1. The fourth-order valence-corrected chi connectivity index (χ4v) is 3.15. The maximum Gasteiger partial charge on any atom is 0.138 e. The summed E-state index contributed by atoms with van der Waals surface area (Å²) in [5, 5.41) is 2.24. The van der Waals surface area contributed by atoms with E-state index in [2.05, 4.69) is 44.0 Å². The molecule has 4 nitrogen and oxygen atoms in total. The lowest BCUT2D eigenvalue weighted by Crippen LogP contribution is -2.39. The van der Waals surface area contributed by atoms with Gasteiger partial charge in [-0.1, -0.05) is 12.1 Å². The normalized spacial score (nSPS) is 17.7. The number of hydrogen-bond acceptors (Lipinski definition) is 4. The second-order valence-electron chi connectivity index (χ2n) is 5.49. The van der Waals surface area contributed by atoms with Crippen molar-refractivity contribution in [2.45, 2.75) is 25.4 Å². The molecular weight excluding hydrogens is 316 g/mol. The van der Waals surface area contributed by atoms with Gasteiger partial charge in [0, 0.05) is 29.6 Å². The summed E-state index contributed by atoms with van der Waals surface area (Å²) in [7, 11) is 0. The van der Waals surface area contributed by atoms with E-state index >= 15 is 0 Å². The first-order valence-corrected chi connectivity index (χ1v) is 7.73. The maximum absolute atomic E-state index is 5.95. The highest BCUT2D eigenvalue weighted by Crippen LogP contribution is 2.28. The predicted molar refractivity (Wildman–Crippen MR) is 86.3 cm³/mol. The molecule has 0 bridgehead atoms. The van der Waals surface area contributed by atoms with Crippen LogP contribution in [0.15, 0.2) is 28.9 Å². The molecule has 0 amide bonds. The number of fused-ring (bicyclic) bond motifs is 1. The quantitative estimate of drug-likeness (QED) is 0.885. The maximum atomic E-state index is 5.95. The highest BCUT2D eigenvalue weighted by atomic mass is 79.9. The Balaban J connectivity index is 1.83. The van der Waals surface area contributed by atoms with E-state index in [1.54, 1.807) is 0 Å². The lowest BCUT2D eigenvalue weighted by molar-refractivity contribution is 0.206. The van der Waals surface area contributed by atoms with E-state index in [0.717, 1.165) is 47.7 Å². The van der Waals surface area contributed by atoms with Gasteiger partial charge in [-0.25, -0.2) is 4.98 Å². The summed E-state index contributed by atoms with van der Waals surface area (Å²) in [6, 6.07) is 6.85. The molecule has 5 heteroatoms. The van der Waals surface area contributed by atoms with Crippen LogP contribution in [0.25, 0.3) is 10.8 Å². The third-order valence-corrected chi connectivity index (χ3v) is 4.79. The number of nitrogens with two attached hydrogens (primary N) is 2. The Morgan fingerprint density at radius 3 is 2.80 bits per heavy atom. The molecule has 0 aliphatic carbocycles. The minimum Gasteiger partial charge on any atom is -0.383 e. The molecule has 3 rings (SSSR count). The molecule has 1 aromatic carbocycles. The summed E-state index contributed by atoms with van der Waals surface area (Å²) in [6.45, 7) is 3.13. The summed E-state index contributed by atoms with van der Waals surface area (Å²) < 4.78 is 0.887. The molecule has 4 N–H and O–H groups in total. The van der Waals surface area contributed by atoms with Crippen molar-refractivity contribution >= 4 is 32.5 Å². The highest BCUT2D eigenvalue weighted by Gasteiger charge is 2.16. The van der Waals surface area contributed by atoms with E-state index in [-0.39, 0.29) is 0 Å².